The van der Waals surface area contributed by atoms with Crippen LogP contribution in [0.1, 0.15) is 6.92 Å². The van der Waals surface area contributed by atoms with Crippen LogP contribution in [0.25, 0.3) is 0 Å². The first-order valence-electron chi connectivity index (χ1n) is 3.65. The third-order valence-electron chi connectivity index (χ3n) is 1.22. The van der Waals surface area contributed by atoms with Crippen LogP contribution in [0.5, 0.6) is 0 Å². The van der Waals surface area contributed by atoms with E-state index in [-0.39, 0.29) is 0 Å². The van der Waals surface area contributed by atoms with Gasteiger partial charge in [0.1, 0.15) is 7.05 Å². The van der Waals surface area contributed by atoms with Gasteiger partial charge in [0.2, 0.25) is 6.21 Å². The standard InChI is InChI=1S/C7H14N2O2/c1-3-8-4-5-9(2)6-7(10)11/h6,8H,3-5H2,1-2H3/p+1. The number of hydrogen-bond acceptors (Lipinski definition) is 2. The molecule has 0 aromatic carbocycles. The third kappa shape index (κ3) is 6.99. The van der Waals surface area contributed by atoms with Gasteiger partial charge in [-0.25, -0.2) is 9.37 Å². The molecule has 0 aliphatic heterocycles. The minimum atomic E-state index is -0.899. The van der Waals surface area contributed by atoms with E-state index in [1.807, 2.05) is 6.92 Å². The fourth-order valence-corrected chi connectivity index (χ4v) is 0.685. The summed E-state index contributed by atoms with van der Waals surface area (Å²) in [5.41, 5.74) is 0. The predicted molar refractivity (Wildman–Crippen MR) is 43.3 cm³/mol. The van der Waals surface area contributed by atoms with Crippen molar-refractivity contribution in [3.63, 3.8) is 0 Å². The summed E-state index contributed by atoms with van der Waals surface area (Å²) in [6.45, 7) is 4.47. The average molecular weight is 159 g/mol. The predicted octanol–water partition coefficient (Wildman–Crippen LogP) is -0.606. The van der Waals surface area contributed by atoms with Crippen LogP contribution < -0.4 is 5.32 Å². The number of hydrogen-bond donors (Lipinski definition) is 2. The van der Waals surface area contributed by atoms with Crippen LogP contribution in [-0.4, -0.2) is 48.5 Å². The zero-order chi connectivity index (χ0) is 8.69. The van der Waals surface area contributed by atoms with Crippen LogP contribution >= 0.6 is 0 Å². The van der Waals surface area contributed by atoms with Crippen LogP contribution in [0.4, 0.5) is 0 Å². The van der Waals surface area contributed by atoms with E-state index in [1.54, 1.807) is 11.6 Å². The Morgan fingerprint density at radius 3 is 2.82 bits per heavy atom. The summed E-state index contributed by atoms with van der Waals surface area (Å²) in [7, 11) is 1.74. The molecule has 11 heavy (non-hydrogen) atoms. The smallest absolute Gasteiger partial charge is 0.392 e. The monoisotopic (exact) mass is 159 g/mol. The molecule has 0 aromatic heterocycles. The van der Waals surface area contributed by atoms with Gasteiger partial charge < -0.3 is 10.4 Å². The number of carbonyl (C=O) groups is 1. The Bertz CT molecular complexity index is 155. The van der Waals surface area contributed by atoms with Gasteiger partial charge in [0.05, 0.1) is 6.54 Å². The Balaban J connectivity index is 3.51. The van der Waals surface area contributed by atoms with E-state index in [1.165, 1.54) is 0 Å². The normalized spacial score (nSPS) is 11.6. The van der Waals surface area contributed by atoms with Gasteiger partial charge in [-0.2, -0.15) is 0 Å². The largest absolute Gasteiger partial charge is 0.474 e. The first-order valence-corrected chi connectivity index (χ1v) is 3.65. The molecule has 0 atom stereocenters. The summed E-state index contributed by atoms with van der Waals surface area (Å²) in [6.07, 6.45) is 1.16. The van der Waals surface area contributed by atoms with E-state index in [0.717, 1.165) is 25.8 Å². The van der Waals surface area contributed by atoms with Crippen molar-refractivity contribution in [1.29, 1.82) is 0 Å². The quantitative estimate of drug-likeness (QED) is 0.320. The Morgan fingerprint density at radius 2 is 2.36 bits per heavy atom. The lowest BCUT2D eigenvalue weighted by atomic mass is 10.5. The van der Waals surface area contributed by atoms with E-state index in [9.17, 15) is 4.79 Å². The van der Waals surface area contributed by atoms with Gasteiger partial charge in [-0.1, -0.05) is 6.92 Å². The van der Waals surface area contributed by atoms with E-state index in [4.69, 9.17) is 5.11 Å². The van der Waals surface area contributed by atoms with Crippen molar-refractivity contribution >= 4 is 12.2 Å². The molecule has 0 saturated carbocycles. The highest BCUT2D eigenvalue weighted by atomic mass is 16.4. The van der Waals surface area contributed by atoms with Crippen molar-refractivity contribution in [1.82, 2.24) is 5.32 Å². The summed E-state index contributed by atoms with van der Waals surface area (Å²) < 4.78 is 1.64. The van der Waals surface area contributed by atoms with E-state index >= 15 is 0 Å². The van der Waals surface area contributed by atoms with Crippen LogP contribution in [0, 0.1) is 0 Å². The Morgan fingerprint density at radius 1 is 1.73 bits per heavy atom. The molecule has 0 spiro atoms. The fraction of sp³-hybridized carbons (Fsp3) is 0.714. The summed E-state index contributed by atoms with van der Waals surface area (Å²) >= 11 is 0. The molecule has 0 bridgehead atoms. The summed E-state index contributed by atoms with van der Waals surface area (Å²) in [6, 6.07) is 0. The van der Waals surface area contributed by atoms with Crippen LogP contribution in [0.15, 0.2) is 0 Å². The van der Waals surface area contributed by atoms with Crippen molar-refractivity contribution in [2.24, 2.45) is 0 Å². The molecule has 4 nitrogen and oxygen atoms in total. The highest BCUT2D eigenvalue weighted by Gasteiger charge is 1.99. The highest BCUT2D eigenvalue weighted by molar-refractivity contribution is 6.19. The zero-order valence-electron chi connectivity index (χ0n) is 7.00. The van der Waals surface area contributed by atoms with E-state index in [0.29, 0.717) is 0 Å². The van der Waals surface area contributed by atoms with Gasteiger partial charge in [0.15, 0.2) is 6.54 Å². The van der Waals surface area contributed by atoms with Crippen LogP contribution in [-0.2, 0) is 4.79 Å². The molecule has 0 saturated heterocycles. The second-order valence-electron chi connectivity index (χ2n) is 2.30. The number of carboxylic acid groups (broad SMARTS) is 1. The van der Waals surface area contributed by atoms with Gasteiger partial charge in [-0.15, -0.1) is 0 Å². The summed E-state index contributed by atoms with van der Waals surface area (Å²) in [4.78, 5) is 10.1. The van der Waals surface area contributed by atoms with Gasteiger partial charge >= 0.3 is 5.97 Å². The third-order valence-corrected chi connectivity index (χ3v) is 1.22. The molecule has 0 rings (SSSR count). The number of rotatable bonds is 5. The number of nitrogens with zero attached hydrogens (tertiary/aromatic N) is 1. The van der Waals surface area contributed by atoms with Crippen molar-refractivity contribution in [2.45, 2.75) is 6.92 Å². The van der Waals surface area contributed by atoms with Gasteiger partial charge in [0, 0.05) is 0 Å². The maximum absolute atomic E-state index is 10.1. The van der Waals surface area contributed by atoms with Crippen molar-refractivity contribution in [3.05, 3.63) is 0 Å². The second-order valence-corrected chi connectivity index (χ2v) is 2.30. The Kier molecular flexibility index (Phi) is 5.37. The molecule has 0 radical (unpaired) electrons. The average Bonchev–Trinajstić information content (AvgIpc) is 1.86. The molecule has 0 fully saturated rings. The van der Waals surface area contributed by atoms with Crippen molar-refractivity contribution < 1.29 is 14.5 Å². The van der Waals surface area contributed by atoms with Crippen molar-refractivity contribution in [3.8, 4) is 0 Å². The van der Waals surface area contributed by atoms with Gasteiger partial charge in [-0.3, -0.25) is 0 Å². The second kappa shape index (κ2) is 5.85. The molecule has 0 unspecified atom stereocenters. The van der Waals surface area contributed by atoms with Gasteiger partial charge in [0.25, 0.3) is 0 Å². The summed E-state index contributed by atoms with van der Waals surface area (Å²) in [5, 5.41) is 11.4. The number of carboxylic acids is 1. The molecule has 2 N–H and O–H groups in total. The topological polar surface area (TPSA) is 52.3 Å². The maximum Gasteiger partial charge on any atom is 0.392 e. The molecule has 0 aliphatic carbocycles. The first kappa shape index (κ1) is 10.1. The lowest BCUT2D eigenvalue weighted by Gasteiger charge is -1.96. The van der Waals surface area contributed by atoms with Crippen molar-refractivity contribution in [2.75, 3.05) is 26.7 Å². The minimum absolute atomic E-state index is 0.722. The van der Waals surface area contributed by atoms with Gasteiger partial charge in [-0.05, 0) is 6.54 Å². The molecular formula is C7H15N2O2+. The van der Waals surface area contributed by atoms with Crippen LogP contribution in [0.2, 0.25) is 0 Å². The zero-order valence-corrected chi connectivity index (χ0v) is 7.00. The molecule has 0 aliphatic rings. The molecule has 0 amide bonds. The molecule has 0 aromatic rings. The van der Waals surface area contributed by atoms with Crippen LogP contribution in [0.3, 0.4) is 0 Å². The Hall–Kier alpha value is -0.900. The number of nitrogens with one attached hydrogen (secondary N) is 1. The number of aliphatic carboxylic acids is 1. The molecular weight excluding hydrogens is 144 g/mol. The SMILES string of the molecule is CCNCC[N+](C)=CC(=O)O. The molecule has 4 heteroatoms. The maximum atomic E-state index is 10.1. The number of likely N-dealkylation sites (N-methyl/N-ethyl adjacent to an activating group) is 2. The van der Waals surface area contributed by atoms with E-state index < -0.39 is 5.97 Å². The fourth-order valence-electron chi connectivity index (χ4n) is 0.685. The lowest BCUT2D eigenvalue weighted by molar-refractivity contribution is -0.490. The molecule has 0 heterocycles. The summed E-state index contributed by atoms with van der Waals surface area (Å²) in [5.74, 6) is -0.899. The van der Waals surface area contributed by atoms with E-state index in [2.05, 4.69) is 5.32 Å². The molecule has 64 valence electrons. The highest BCUT2D eigenvalue weighted by Crippen LogP contribution is 1.66. The lowest BCUT2D eigenvalue weighted by Crippen LogP contribution is -2.25. The first-order chi connectivity index (χ1) is 5.16. The Labute approximate surface area is 66.5 Å². The minimum Gasteiger partial charge on any atom is -0.474 e.